The van der Waals surface area contributed by atoms with Gasteiger partial charge in [0.1, 0.15) is 17.0 Å². The number of hydrogen-bond acceptors (Lipinski definition) is 5. The van der Waals surface area contributed by atoms with Crippen molar-refractivity contribution < 1.29 is 0 Å². The molecule has 1 aliphatic heterocycles. The van der Waals surface area contributed by atoms with Crippen molar-refractivity contribution in [2.24, 2.45) is 5.92 Å². The minimum absolute atomic E-state index is 0.730. The SMILES string of the molecule is CCN(CC1CCCNC1)c1ncnc2sc(C)cc12. The van der Waals surface area contributed by atoms with Gasteiger partial charge in [0.2, 0.25) is 0 Å². The Kier molecular flexibility index (Phi) is 4.17. The molecule has 108 valence electrons. The smallest absolute Gasteiger partial charge is 0.140 e. The highest BCUT2D eigenvalue weighted by atomic mass is 32.1. The quantitative estimate of drug-likeness (QED) is 0.940. The Labute approximate surface area is 124 Å². The van der Waals surface area contributed by atoms with Crippen molar-refractivity contribution in [3.8, 4) is 0 Å². The van der Waals surface area contributed by atoms with Crippen LogP contribution in [-0.4, -0.2) is 36.1 Å². The van der Waals surface area contributed by atoms with Gasteiger partial charge in [-0.3, -0.25) is 0 Å². The van der Waals surface area contributed by atoms with Crippen LogP contribution in [0.5, 0.6) is 0 Å². The first kappa shape index (κ1) is 13.8. The van der Waals surface area contributed by atoms with Gasteiger partial charge in [-0.15, -0.1) is 11.3 Å². The number of fused-ring (bicyclic) bond motifs is 1. The number of thiophene rings is 1. The van der Waals surface area contributed by atoms with Crippen LogP contribution < -0.4 is 10.2 Å². The molecule has 5 heteroatoms. The Morgan fingerprint density at radius 2 is 2.35 bits per heavy atom. The van der Waals surface area contributed by atoms with E-state index in [0.717, 1.165) is 36.2 Å². The first-order valence-electron chi connectivity index (χ1n) is 7.44. The lowest BCUT2D eigenvalue weighted by Gasteiger charge is -2.30. The van der Waals surface area contributed by atoms with Gasteiger partial charge in [0, 0.05) is 18.0 Å². The molecule has 1 saturated heterocycles. The first-order chi connectivity index (χ1) is 9.78. The Bertz CT molecular complexity index is 574. The van der Waals surface area contributed by atoms with Crippen LogP contribution in [0.3, 0.4) is 0 Å². The second kappa shape index (κ2) is 6.06. The van der Waals surface area contributed by atoms with E-state index in [4.69, 9.17) is 0 Å². The summed E-state index contributed by atoms with van der Waals surface area (Å²) in [6, 6.07) is 2.22. The predicted octanol–water partition coefficient (Wildman–Crippen LogP) is 2.83. The van der Waals surface area contributed by atoms with Gasteiger partial charge in [-0.1, -0.05) is 0 Å². The van der Waals surface area contributed by atoms with Gasteiger partial charge in [0.05, 0.1) is 5.39 Å². The maximum absolute atomic E-state index is 4.56. The summed E-state index contributed by atoms with van der Waals surface area (Å²) in [5.74, 6) is 1.83. The van der Waals surface area contributed by atoms with E-state index in [2.05, 4.69) is 40.1 Å². The fraction of sp³-hybridized carbons (Fsp3) is 0.600. The molecule has 0 aliphatic carbocycles. The second-order valence-corrected chi connectivity index (χ2v) is 6.76. The van der Waals surface area contributed by atoms with Crippen molar-refractivity contribution in [1.29, 1.82) is 0 Å². The summed E-state index contributed by atoms with van der Waals surface area (Å²) >= 11 is 1.75. The molecule has 1 aliphatic rings. The summed E-state index contributed by atoms with van der Waals surface area (Å²) in [4.78, 5) is 13.8. The van der Waals surface area contributed by atoms with Crippen LogP contribution in [0.2, 0.25) is 0 Å². The van der Waals surface area contributed by atoms with Crippen LogP contribution >= 0.6 is 11.3 Å². The number of nitrogens with one attached hydrogen (secondary N) is 1. The van der Waals surface area contributed by atoms with Crippen LogP contribution in [0.4, 0.5) is 5.82 Å². The lowest BCUT2D eigenvalue weighted by Crippen LogP contribution is -2.38. The molecule has 0 radical (unpaired) electrons. The maximum Gasteiger partial charge on any atom is 0.140 e. The molecule has 1 unspecified atom stereocenters. The Hall–Kier alpha value is -1.20. The topological polar surface area (TPSA) is 41.0 Å². The Morgan fingerprint density at radius 3 is 3.10 bits per heavy atom. The van der Waals surface area contributed by atoms with Gasteiger partial charge in [-0.2, -0.15) is 0 Å². The molecule has 0 bridgehead atoms. The van der Waals surface area contributed by atoms with Gasteiger partial charge in [-0.25, -0.2) is 9.97 Å². The average molecular weight is 290 g/mol. The summed E-state index contributed by atoms with van der Waals surface area (Å²) in [5.41, 5.74) is 0. The van der Waals surface area contributed by atoms with Gasteiger partial charge in [0.15, 0.2) is 0 Å². The van der Waals surface area contributed by atoms with E-state index in [1.165, 1.54) is 29.6 Å². The third kappa shape index (κ3) is 2.79. The number of nitrogens with zero attached hydrogens (tertiary/aromatic N) is 3. The fourth-order valence-electron chi connectivity index (χ4n) is 2.97. The molecular formula is C15H22N4S. The van der Waals surface area contributed by atoms with Crippen molar-refractivity contribution >= 4 is 27.4 Å². The van der Waals surface area contributed by atoms with Crippen molar-refractivity contribution in [2.45, 2.75) is 26.7 Å². The lowest BCUT2D eigenvalue weighted by molar-refractivity contribution is 0.377. The van der Waals surface area contributed by atoms with E-state index >= 15 is 0 Å². The van der Waals surface area contributed by atoms with E-state index in [0.29, 0.717) is 0 Å². The highest BCUT2D eigenvalue weighted by molar-refractivity contribution is 7.18. The summed E-state index contributed by atoms with van der Waals surface area (Å²) in [6.07, 6.45) is 4.31. The van der Waals surface area contributed by atoms with Crippen LogP contribution in [0.15, 0.2) is 12.4 Å². The molecule has 1 atom stereocenters. The molecule has 0 saturated carbocycles. The fourth-order valence-corrected chi connectivity index (χ4v) is 3.81. The molecule has 20 heavy (non-hydrogen) atoms. The van der Waals surface area contributed by atoms with Crippen LogP contribution in [0.25, 0.3) is 10.2 Å². The number of aryl methyl sites for hydroxylation is 1. The zero-order valence-corrected chi connectivity index (χ0v) is 13.0. The minimum Gasteiger partial charge on any atom is -0.356 e. The molecule has 3 rings (SSSR count). The average Bonchev–Trinajstić information content (AvgIpc) is 2.86. The summed E-state index contributed by atoms with van der Waals surface area (Å²) < 4.78 is 0. The van der Waals surface area contributed by atoms with Crippen LogP contribution in [-0.2, 0) is 0 Å². The van der Waals surface area contributed by atoms with Gasteiger partial charge in [0.25, 0.3) is 0 Å². The zero-order chi connectivity index (χ0) is 13.9. The molecule has 2 aromatic rings. The number of anilines is 1. The summed E-state index contributed by atoms with van der Waals surface area (Å²) in [6.45, 7) is 8.74. The highest BCUT2D eigenvalue weighted by Crippen LogP contribution is 2.30. The van der Waals surface area contributed by atoms with E-state index in [1.807, 2.05) is 0 Å². The largest absolute Gasteiger partial charge is 0.356 e. The lowest BCUT2D eigenvalue weighted by atomic mass is 9.99. The van der Waals surface area contributed by atoms with E-state index in [-0.39, 0.29) is 0 Å². The summed E-state index contributed by atoms with van der Waals surface area (Å²) in [7, 11) is 0. The molecule has 0 amide bonds. The van der Waals surface area contributed by atoms with Crippen molar-refractivity contribution in [3.63, 3.8) is 0 Å². The summed E-state index contributed by atoms with van der Waals surface area (Å²) in [5, 5.41) is 4.71. The molecule has 4 nitrogen and oxygen atoms in total. The zero-order valence-electron chi connectivity index (χ0n) is 12.2. The van der Waals surface area contributed by atoms with E-state index < -0.39 is 0 Å². The Morgan fingerprint density at radius 1 is 1.45 bits per heavy atom. The van der Waals surface area contributed by atoms with Crippen LogP contribution in [0.1, 0.15) is 24.6 Å². The van der Waals surface area contributed by atoms with E-state index in [9.17, 15) is 0 Å². The normalized spacial score (nSPS) is 19.4. The van der Waals surface area contributed by atoms with E-state index in [1.54, 1.807) is 17.7 Å². The highest BCUT2D eigenvalue weighted by Gasteiger charge is 2.19. The van der Waals surface area contributed by atoms with Gasteiger partial charge < -0.3 is 10.2 Å². The number of piperidine rings is 1. The van der Waals surface area contributed by atoms with Crippen LogP contribution in [0, 0.1) is 12.8 Å². The molecule has 1 fully saturated rings. The monoisotopic (exact) mass is 290 g/mol. The standard InChI is InChI=1S/C15H22N4S/c1-3-19(9-12-5-4-6-16-8-12)14-13-7-11(2)20-15(13)18-10-17-14/h7,10,12,16H,3-6,8-9H2,1-2H3. The Balaban J connectivity index is 1.86. The molecule has 3 heterocycles. The maximum atomic E-state index is 4.56. The molecule has 0 spiro atoms. The molecule has 1 N–H and O–H groups in total. The van der Waals surface area contributed by atoms with Gasteiger partial charge in [-0.05, 0) is 51.8 Å². The van der Waals surface area contributed by atoms with Crippen molar-refractivity contribution in [3.05, 3.63) is 17.3 Å². The molecule has 0 aromatic carbocycles. The van der Waals surface area contributed by atoms with Gasteiger partial charge >= 0.3 is 0 Å². The molecule has 2 aromatic heterocycles. The second-order valence-electron chi connectivity index (χ2n) is 5.52. The first-order valence-corrected chi connectivity index (χ1v) is 8.26. The number of aromatic nitrogens is 2. The van der Waals surface area contributed by atoms with Crippen molar-refractivity contribution in [1.82, 2.24) is 15.3 Å². The number of hydrogen-bond donors (Lipinski definition) is 1. The third-order valence-corrected chi connectivity index (χ3v) is 4.95. The molecular weight excluding hydrogens is 268 g/mol. The third-order valence-electron chi connectivity index (χ3n) is 3.99. The number of rotatable bonds is 4. The predicted molar refractivity (Wildman–Crippen MR) is 85.6 cm³/mol. The van der Waals surface area contributed by atoms with Crippen molar-refractivity contribution in [2.75, 3.05) is 31.1 Å². The minimum atomic E-state index is 0.730.